The van der Waals surface area contributed by atoms with Gasteiger partial charge in [0.1, 0.15) is 13.2 Å². The molecule has 6 heteroatoms. The fourth-order valence-corrected chi connectivity index (χ4v) is 9.12. The third-order valence-corrected chi connectivity index (χ3v) is 13.7. The first kappa shape index (κ1) is 65.9. The van der Waals surface area contributed by atoms with Crippen molar-refractivity contribution in [3.05, 3.63) is 24.3 Å². The lowest BCUT2D eigenvalue weighted by Crippen LogP contribution is -2.30. The molecular formula is C62H116O6. The summed E-state index contributed by atoms with van der Waals surface area (Å²) in [5.41, 5.74) is 0. The average Bonchev–Trinajstić information content (AvgIpc) is 3.34. The van der Waals surface area contributed by atoms with Crippen LogP contribution in [0.3, 0.4) is 0 Å². The summed E-state index contributed by atoms with van der Waals surface area (Å²) in [6, 6.07) is 0. The van der Waals surface area contributed by atoms with Crippen molar-refractivity contribution in [2.45, 2.75) is 341 Å². The highest BCUT2D eigenvalue weighted by Gasteiger charge is 2.19. The van der Waals surface area contributed by atoms with Gasteiger partial charge in [-0.1, -0.05) is 289 Å². The minimum Gasteiger partial charge on any atom is -0.462 e. The molecule has 0 radical (unpaired) electrons. The van der Waals surface area contributed by atoms with E-state index in [9.17, 15) is 14.4 Å². The van der Waals surface area contributed by atoms with E-state index >= 15 is 0 Å². The Morgan fingerprint density at radius 1 is 0.294 bits per heavy atom. The van der Waals surface area contributed by atoms with Crippen molar-refractivity contribution in [1.29, 1.82) is 0 Å². The third-order valence-electron chi connectivity index (χ3n) is 13.7. The maximum Gasteiger partial charge on any atom is 0.306 e. The highest BCUT2D eigenvalue weighted by atomic mass is 16.6. The molecule has 0 rings (SSSR count). The quantitative estimate of drug-likeness (QED) is 0.0262. The molecule has 6 nitrogen and oxygen atoms in total. The van der Waals surface area contributed by atoms with E-state index in [2.05, 4.69) is 45.1 Å². The van der Waals surface area contributed by atoms with Crippen LogP contribution in [0.25, 0.3) is 0 Å². The van der Waals surface area contributed by atoms with Gasteiger partial charge in [-0.25, -0.2) is 0 Å². The van der Waals surface area contributed by atoms with Crippen molar-refractivity contribution in [2.24, 2.45) is 0 Å². The van der Waals surface area contributed by atoms with Gasteiger partial charge in [0.2, 0.25) is 0 Å². The summed E-state index contributed by atoms with van der Waals surface area (Å²) in [7, 11) is 0. The van der Waals surface area contributed by atoms with Crippen LogP contribution in [0.5, 0.6) is 0 Å². The summed E-state index contributed by atoms with van der Waals surface area (Å²) in [6.07, 6.45) is 67.4. The van der Waals surface area contributed by atoms with Crippen LogP contribution in [0.15, 0.2) is 24.3 Å². The Kier molecular flexibility index (Phi) is 55.7. The topological polar surface area (TPSA) is 78.9 Å². The van der Waals surface area contributed by atoms with E-state index in [0.717, 1.165) is 64.2 Å². The minimum absolute atomic E-state index is 0.0671. The van der Waals surface area contributed by atoms with Gasteiger partial charge < -0.3 is 14.2 Å². The molecule has 0 aliphatic heterocycles. The lowest BCUT2D eigenvalue weighted by molar-refractivity contribution is -0.167. The predicted molar refractivity (Wildman–Crippen MR) is 293 cm³/mol. The highest BCUT2D eigenvalue weighted by Crippen LogP contribution is 2.17. The Morgan fingerprint density at radius 2 is 0.529 bits per heavy atom. The maximum absolute atomic E-state index is 12.9. The van der Waals surface area contributed by atoms with Gasteiger partial charge in [0, 0.05) is 19.3 Å². The molecule has 0 fully saturated rings. The Labute approximate surface area is 423 Å². The molecule has 0 saturated carbocycles. The number of ether oxygens (including phenoxy) is 3. The highest BCUT2D eigenvalue weighted by molar-refractivity contribution is 5.71. The molecule has 0 aliphatic carbocycles. The standard InChI is InChI=1S/C62H116O6/c1-4-7-10-13-16-19-22-25-27-29-31-33-35-37-40-43-46-49-52-55-61(64)67-58-59(57-66-60(63)54-51-48-45-42-39-24-21-18-15-12-9-6-3)68-62(65)56-53-50-47-44-41-38-36-34-32-30-28-26-23-20-17-14-11-8-5-2/h17,20,26,28,59H,4-16,18-19,21-25,27,29-58H2,1-3H3/b20-17-,28-26-/t59-/m0/s1. The number of carbonyl (C=O) groups is 3. The molecule has 0 N–H and O–H groups in total. The van der Waals surface area contributed by atoms with Crippen molar-refractivity contribution < 1.29 is 28.6 Å². The van der Waals surface area contributed by atoms with Crippen LogP contribution < -0.4 is 0 Å². The normalized spacial score (nSPS) is 12.1. The molecule has 0 amide bonds. The molecule has 0 bridgehead atoms. The fourth-order valence-electron chi connectivity index (χ4n) is 9.12. The molecule has 0 saturated heterocycles. The van der Waals surface area contributed by atoms with Gasteiger partial charge in [0.15, 0.2) is 6.10 Å². The summed E-state index contributed by atoms with van der Waals surface area (Å²) in [6.45, 7) is 6.67. The zero-order valence-corrected chi connectivity index (χ0v) is 45.9. The van der Waals surface area contributed by atoms with E-state index in [1.165, 1.54) is 231 Å². The van der Waals surface area contributed by atoms with Gasteiger partial charge >= 0.3 is 17.9 Å². The molecular weight excluding hydrogens is 841 g/mol. The van der Waals surface area contributed by atoms with Crippen LogP contribution in [0.2, 0.25) is 0 Å². The second-order valence-electron chi connectivity index (χ2n) is 20.6. The number of hydrogen-bond acceptors (Lipinski definition) is 6. The first-order valence-corrected chi connectivity index (χ1v) is 30.3. The lowest BCUT2D eigenvalue weighted by Gasteiger charge is -2.18. The maximum atomic E-state index is 12.9. The number of carbonyl (C=O) groups excluding carboxylic acids is 3. The van der Waals surface area contributed by atoms with Crippen LogP contribution in [0.4, 0.5) is 0 Å². The average molecular weight is 958 g/mol. The van der Waals surface area contributed by atoms with E-state index in [-0.39, 0.29) is 31.1 Å². The van der Waals surface area contributed by atoms with E-state index in [1.807, 2.05) is 0 Å². The van der Waals surface area contributed by atoms with Gasteiger partial charge in [-0.3, -0.25) is 14.4 Å². The van der Waals surface area contributed by atoms with Gasteiger partial charge in [-0.15, -0.1) is 0 Å². The Hall–Kier alpha value is -2.11. The second kappa shape index (κ2) is 57.5. The van der Waals surface area contributed by atoms with Gasteiger partial charge in [-0.05, 0) is 51.4 Å². The molecule has 0 unspecified atom stereocenters. The predicted octanol–water partition coefficient (Wildman–Crippen LogP) is 20.3. The van der Waals surface area contributed by atoms with Gasteiger partial charge in [0.25, 0.3) is 0 Å². The number of rotatable bonds is 56. The molecule has 0 heterocycles. The van der Waals surface area contributed by atoms with Crippen molar-refractivity contribution in [3.8, 4) is 0 Å². The molecule has 1 atom stereocenters. The summed E-state index contributed by atoms with van der Waals surface area (Å²) >= 11 is 0. The first-order valence-electron chi connectivity index (χ1n) is 30.3. The van der Waals surface area contributed by atoms with Gasteiger partial charge in [0.05, 0.1) is 0 Å². The van der Waals surface area contributed by atoms with Crippen LogP contribution in [0, 0.1) is 0 Å². The SMILES string of the molecule is CCCCC/C=C\C/C=C\CCCCCCCCCCCC(=O)O[C@@H](COC(=O)CCCCCCCCCCCCCC)COC(=O)CCCCCCCCCCCCCCCCCCCCC. The number of hydrogen-bond donors (Lipinski definition) is 0. The third kappa shape index (κ3) is 54.8. The molecule has 400 valence electrons. The Balaban J connectivity index is 4.28. The van der Waals surface area contributed by atoms with Crippen LogP contribution in [-0.2, 0) is 28.6 Å². The molecule has 0 aromatic heterocycles. The van der Waals surface area contributed by atoms with Crippen LogP contribution in [-0.4, -0.2) is 37.2 Å². The van der Waals surface area contributed by atoms with Crippen LogP contribution >= 0.6 is 0 Å². The zero-order chi connectivity index (χ0) is 49.3. The smallest absolute Gasteiger partial charge is 0.306 e. The lowest BCUT2D eigenvalue weighted by atomic mass is 10.0. The Bertz CT molecular complexity index is 1100. The van der Waals surface area contributed by atoms with Crippen LogP contribution in [0.1, 0.15) is 335 Å². The molecule has 68 heavy (non-hydrogen) atoms. The van der Waals surface area contributed by atoms with Crippen molar-refractivity contribution in [1.82, 2.24) is 0 Å². The van der Waals surface area contributed by atoms with Crippen molar-refractivity contribution in [3.63, 3.8) is 0 Å². The monoisotopic (exact) mass is 957 g/mol. The van der Waals surface area contributed by atoms with Gasteiger partial charge in [-0.2, -0.15) is 0 Å². The second-order valence-corrected chi connectivity index (χ2v) is 20.6. The zero-order valence-electron chi connectivity index (χ0n) is 45.9. The summed E-state index contributed by atoms with van der Waals surface area (Å²) in [5, 5.41) is 0. The van der Waals surface area contributed by atoms with E-state index < -0.39 is 6.10 Å². The van der Waals surface area contributed by atoms with E-state index in [1.54, 1.807) is 0 Å². The summed E-state index contributed by atoms with van der Waals surface area (Å²) in [4.78, 5) is 38.2. The molecule has 0 aromatic rings. The number of esters is 3. The van der Waals surface area contributed by atoms with E-state index in [4.69, 9.17) is 14.2 Å². The number of unbranched alkanes of at least 4 members (excludes halogenated alkanes) is 41. The Morgan fingerprint density at radius 3 is 0.838 bits per heavy atom. The molecule has 0 aromatic carbocycles. The molecule has 0 aliphatic rings. The van der Waals surface area contributed by atoms with E-state index in [0.29, 0.717) is 19.3 Å². The van der Waals surface area contributed by atoms with Crippen molar-refractivity contribution >= 4 is 17.9 Å². The number of allylic oxidation sites excluding steroid dienone is 4. The minimum atomic E-state index is -0.768. The summed E-state index contributed by atoms with van der Waals surface area (Å²) in [5.74, 6) is -0.847. The largest absolute Gasteiger partial charge is 0.462 e. The fraction of sp³-hybridized carbons (Fsp3) is 0.887. The first-order chi connectivity index (χ1) is 33.5. The molecule has 0 spiro atoms. The summed E-state index contributed by atoms with van der Waals surface area (Å²) < 4.78 is 16.9. The van der Waals surface area contributed by atoms with Crippen molar-refractivity contribution in [2.75, 3.05) is 13.2 Å².